The number of amides is 1. The smallest absolute Gasteiger partial charge is 0.233 e. The fourth-order valence-corrected chi connectivity index (χ4v) is 5.02. The monoisotopic (exact) mass is 515 g/mol. The average molecular weight is 516 g/mol. The van der Waals surface area contributed by atoms with Gasteiger partial charge in [-0.25, -0.2) is 8.78 Å². The summed E-state index contributed by atoms with van der Waals surface area (Å²) in [5.41, 5.74) is 3.88. The van der Waals surface area contributed by atoms with Crippen LogP contribution in [-0.4, -0.2) is 23.2 Å². The minimum atomic E-state index is -0.823. The Bertz CT molecular complexity index is 1420. The van der Waals surface area contributed by atoms with Crippen molar-refractivity contribution < 1.29 is 28.5 Å². The number of nitrogens with zero attached hydrogens (tertiary/aromatic N) is 1. The van der Waals surface area contributed by atoms with Gasteiger partial charge in [-0.3, -0.25) is 4.79 Å². The van der Waals surface area contributed by atoms with E-state index in [1.165, 1.54) is 31.4 Å². The Labute approximate surface area is 219 Å². The molecule has 0 aromatic heterocycles. The van der Waals surface area contributed by atoms with E-state index in [9.17, 15) is 23.8 Å². The first-order valence-corrected chi connectivity index (χ1v) is 12.3. The van der Waals surface area contributed by atoms with Crippen LogP contribution in [0.3, 0.4) is 0 Å². The number of rotatable bonds is 8. The molecule has 1 aliphatic heterocycles. The van der Waals surface area contributed by atoms with E-state index in [2.05, 4.69) is 0 Å². The van der Waals surface area contributed by atoms with E-state index in [0.29, 0.717) is 29.8 Å². The number of β-lactam (4-membered cyclic amide) rings is 1. The van der Waals surface area contributed by atoms with Crippen LogP contribution in [0.5, 0.6) is 11.5 Å². The first kappa shape index (κ1) is 25.4. The zero-order chi connectivity index (χ0) is 26.8. The predicted molar refractivity (Wildman–Crippen MR) is 141 cm³/mol. The lowest BCUT2D eigenvalue weighted by Crippen LogP contribution is -2.55. The third-order valence-corrected chi connectivity index (χ3v) is 7.09. The molecule has 0 unspecified atom stereocenters. The fraction of sp³-hybridized carbons (Fsp3) is 0.194. The molecule has 4 aromatic rings. The molecule has 0 spiro atoms. The zero-order valence-corrected chi connectivity index (χ0v) is 20.7. The van der Waals surface area contributed by atoms with Crippen molar-refractivity contribution in [1.82, 2.24) is 0 Å². The number of benzene rings is 4. The number of phenols is 1. The number of carbonyl (C=O) groups is 1. The lowest BCUT2D eigenvalue weighted by molar-refractivity contribution is -0.131. The van der Waals surface area contributed by atoms with Gasteiger partial charge in [0, 0.05) is 5.69 Å². The fourth-order valence-electron chi connectivity index (χ4n) is 5.02. The van der Waals surface area contributed by atoms with Crippen LogP contribution in [0.25, 0.3) is 11.1 Å². The maximum absolute atomic E-state index is 13.6. The van der Waals surface area contributed by atoms with Gasteiger partial charge >= 0.3 is 0 Å². The van der Waals surface area contributed by atoms with Gasteiger partial charge in [-0.05, 0) is 83.6 Å². The molecule has 0 aliphatic carbocycles. The topological polar surface area (TPSA) is 70.0 Å². The molecular formula is C31H27F2NO4. The van der Waals surface area contributed by atoms with Gasteiger partial charge in [0.05, 0.1) is 25.2 Å². The van der Waals surface area contributed by atoms with E-state index in [0.717, 1.165) is 16.7 Å². The van der Waals surface area contributed by atoms with E-state index in [-0.39, 0.29) is 35.3 Å². The summed E-state index contributed by atoms with van der Waals surface area (Å²) in [5.74, 6) is -0.805. The zero-order valence-electron chi connectivity index (χ0n) is 20.7. The Morgan fingerprint density at radius 1 is 0.868 bits per heavy atom. The van der Waals surface area contributed by atoms with Gasteiger partial charge in [-0.1, -0.05) is 42.5 Å². The number of phenolic OH excluding ortho intramolecular Hbond substituents is 1. The largest absolute Gasteiger partial charge is 0.504 e. The Kier molecular flexibility index (Phi) is 7.11. The number of ether oxygens (including phenoxy) is 1. The van der Waals surface area contributed by atoms with Gasteiger partial charge in [0.2, 0.25) is 5.91 Å². The number of aliphatic hydroxyl groups is 1. The second kappa shape index (κ2) is 10.6. The Morgan fingerprint density at radius 3 is 2.11 bits per heavy atom. The molecule has 0 bridgehead atoms. The van der Waals surface area contributed by atoms with Crippen molar-refractivity contribution in [1.29, 1.82) is 0 Å². The van der Waals surface area contributed by atoms with Crippen molar-refractivity contribution in [2.45, 2.75) is 25.0 Å². The third kappa shape index (κ3) is 4.97. The molecule has 0 saturated carbocycles. The number of halogens is 2. The van der Waals surface area contributed by atoms with Crippen molar-refractivity contribution in [2.24, 2.45) is 5.92 Å². The number of carbonyl (C=O) groups excluding carboxylic acids is 1. The normalized spacial score (nSPS) is 17.7. The van der Waals surface area contributed by atoms with Crippen molar-refractivity contribution in [2.75, 3.05) is 12.0 Å². The summed E-state index contributed by atoms with van der Waals surface area (Å²) in [6.45, 7) is 0. The second-order valence-corrected chi connectivity index (χ2v) is 9.39. The molecule has 1 heterocycles. The highest BCUT2D eigenvalue weighted by Crippen LogP contribution is 2.46. The van der Waals surface area contributed by atoms with Crippen LogP contribution < -0.4 is 9.64 Å². The molecule has 1 fully saturated rings. The summed E-state index contributed by atoms with van der Waals surface area (Å²) < 4.78 is 32.1. The molecule has 5 nitrogen and oxygen atoms in total. The van der Waals surface area contributed by atoms with Gasteiger partial charge in [0.1, 0.15) is 11.6 Å². The Balaban J connectivity index is 1.40. The van der Waals surface area contributed by atoms with E-state index in [4.69, 9.17) is 4.74 Å². The van der Waals surface area contributed by atoms with Gasteiger partial charge in [0.15, 0.2) is 11.5 Å². The maximum atomic E-state index is 13.6. The molecule has 7 heteroatoms. The lowest BCUT2D eigenvalue weighted by Gasteiger charge is -2.48. The molecule has 2 N–H and O–H groups in total. The molecule has 5 rings (SSSR count). The van der Waals surface area contributed by atoms with Crippen molar-refractivity contribution in [3.05, 3.63) is 114 Å². The number of aromatic hydroxyl groups is 1. The average Bonchev–Trinajstić information content (AvgIpc) is 2.93. The van der Waals surface area contributed by atoms with Crippen LogP contribution in [-0.2, 0) is 4.79 Å². The number of hydrogen-bond acceptors (Lipinski definition) is 4. The van der Waals surface area contributed by atoms with Gasteiger partial charge in [-0.2, -0.15) is 0 Å². The van der Waals surface area contributed by atoms with Crippen LogP contribution in [0.2, 0.25) is 0 Å². The summed E-state index contributed by atoms with van der Waals surface area (Å²) in [5, 5.41) is 20.5. The van der Waals surface area contributed by atoms with Crippen LogP contribution in [0.4, 0.5) is 14.5 Å². The van der Waals surface area contributed by atoms with Crippen molar-refractivity contribution in [3.8, 4) is 22.6 Å². The maximum Gasteiger partial charge on any atom is 0.233 e. The summed E-state index contributed by atoms with van der Waals surface area (Å²) in [4.78, 5) is 14.9. The standard InChI is InChI=1S/C31H27F2NO4/c1-38-29-18-22(8-16-28(29)36)19-2-4-21(5-3-19)30-26(15-17-27(35)20-6-9-23(32)10-7-20)31(37)34(30)25-13-11-24(33)12-14-25/h2-14,16,18,26-27,30,35-36H,15,17H2,1H3/t26-,27+,30-/m1/s1. The quantitative estimate of drug-likeness (QED) is 0.261. The second-order valence-electron chi connectivity index (χ2n) is 9.39. The van der Waals surface area contributed by atoms with Crippen LogP contribution >= 0.6 is 0 Å². The van der Waals surface area contributed by atoms with Crippen LogP contribution in [0, 0.1) is 17.6 Å². The molecule has 1 amide bonds. The van der Waals surface area contributed by atoms with E-state index in [1.54, 1.807) is 47.4 Å². The predicted octanol–water partition coefficient (Wildman–Crippen LogP) is 6.56. The first-order valence-electron chi connectivity index (χ1n) is 12.3. The SMILES string of the molecule is COc1cc(-c2ccc([C@@H]3[C@@H](CC[C@H](O)c4ccc(F)cc4)C(=O)N3c3ccc(F)cc3)cc2)ccc1O. The highest BCUT2D eigenvalue weighted by molar-refractivity contribution is 6.03. The molecule has 38 heavy (non-hydrogen) atoms. The van der Waals surface area contributed by atoms with Crippen LogP contribution in [0.15, 0.2) is 91.0 Å². The minimum absolute atomic E-state index is 0.0569. The third-order valence-electron chi connectivity index (χ3n) is 7.09. The molecule has 4 aromatic carbocycles. The molecular weight excluding hydrogens is 488 g/mol. The first-order chi connectivity index (χ1) is 18.4. The summed E-state index contributed by atoms with van der Waals surface area (Å²) in [6.07, 6.45) is -0.0616. The Morgan fingerprint density at radius 2 is 1.47 bits per heavy atom. The molecule has 3 atom stereocenters. The molecule has 1 aliphatic rings. The molecule has 194 valence electrons. The number of methoxy groups -OCH3 is 1. The Hall–Kier alpha value is -4.23. The highest BCUT2D eigenvalue weighted by Gasteiger charge is 2.48. The number of aliphatic hydroxyl groups excluding tert-OH is 1. The number of hydrogen-bond donors (Lipinski definition) is 2. The number of anilines is 1. The van der Waals surface area contributed by atoms with E-state index in [1.807, 2.05) is 24.3 Å². The summed E-state index contributed by atoms with van der Waals surface area (Å²) >= 11 is 0. The van der Waals surface area contributed by atoms with Gasteiger partial charge < -0.3 is 19.8 Å². The van der Waals surface area contributed by atoms with Crippen LogP contribution in [0.1, 0.15) is 36.1 Å². The van der Waals surface area contributed by atoms with Gasteiger partial charge in [-0.15, -0.1) is 0 Å². The summed E-state index contributed by atoms with van der Waals surface area (Å²) in [6, 6.07) is 24.1. The van der Waals surface area contributed by atoms with E-state index >= 15 is 0 Å². The van der Waals surface area contributed by atoms with Crippen molar-refractivity contribution >= 4 is 11.6 Å². The van der Waals surface area contributed by atoms with E-state index < -0.39 is 6.10 Å². The lowest BCUT2D eigenvalue weighted by atomic mass is 9.78. The van der Waals surface area contributed by atoms with Crippen molar-refractivity contribution in [3.63, 3.8) is 0 Å². The highest BCUT2D eigenvalue weighted by atomic mass is 19.1. The minimum Gasteiger partial charge on any atom is -0.504 e. The summed E-state index contributed by atoms with van der Waals surface area (Å²) in [7, 11) is 1.49. The van der Waals surface area contributed by atoms with Gasteiger partial charge in [0.25, 0.3) is 0 Å². The molecule has 0 radical (unpaired) electrons. The molecule has 1 saturated heterocycles.